The van der Waals surface area contributed by atoms with E-state index in [1.54, 1.807) is 17.4 Å². The molecule has 0 bridgehead atoms. The van der Waals surface area contributed by atoms with Gasteiger partial charge in [-0.25, -0.2) is 4.98 Å². The fraction of sp³-hybridized carbons (Fsp3) is 0.286. The van der Waals surface area contributed by atoms with Gasteiger partial charge in [-0.3, -0.25) is 9.88 Å². The van der Waals surface area contributed by atoms with Crippen LogP contribution in [0.1, 0.15) is 35.2 Å². The van der Waals surface area contributed by atoms with Gasteiger partial charge in [0.15, 0.2) is 0 Å². The summed E-state index contributed by atoms with van der Waals surface area (Å²) < 4.78 is 7.33. The third kappa shape index (κ3) is 5.54. The van der Waals surface area contributed by atoms with Gasteiger partial charge < -0.3 is 10.1 Å². The Bertz CT molecular complexity index is 1390. The summed E-state index contributed by atoms with van der Waals surface area (Å²) in [5.74, 6) is 1.95. The van der Waals surface area contributed by atoms with Gasteiger partial charge >= 0.3 is 0 Å². The number of aryl methyl sites for hydroxylation is 2. The third-order valence-electron chi connectivity index (χ3n) is 6.34. The summed E-state index contributed by atoms with van der Waals surface area (Å²) in [4.78, 5) is 16.4. The second-order valence-electron chi connectivity index (χ2n) is 9.05. The SMILES string of the molecule is Cc1cc(/C=C/C#N)cc(C)c1Oc1nc(NC2CCN(Cc3ccccn3)CC2)nc2ccsc12. The summed E-state index contributed by atoms with van der Waals surface area (Å²) in [6.07, 6.45) is 7.17. The zero-order chi connectivity index (χ0) is 24.9. The van der Waals surface area contributed by atoms with E-state index in [4.69, 9.17) is 20.0 Å². The third-order valence-corrected chi connectivity index (χ3v) is 7.23. The number of nitriles is 1. The number of aromatic nitrogens is 3. The molecule has 0 saturated carbocycles. The van der Waals surface area contributed by atoms with Crippen LogP contribution < -0.4 is 10.1 Å². The van der Waals surface area contributed by atoms with Crippen molar-refractivity contribution in [2.75, 3.05) is 18.4 Å². The Morgan fingerprint density at radius 2 is 1.97 bits per heavy atom. The number of nitrogens with one attached hydrogen (secondary N) is 1. The number of anilines is 1. The van der Waals surface area contributed by atoms with E-state index in [2.05, 4.69) is 21.3 Å². The van der Waals surface area contributed by atoms with Crippen molar-refractivity contribution in [3.63, 3.8) is 0 Å². The van der Waals surface area contributed by atoms with Crippen LogP contribution in [0.25, 0.3) is 16.3 Å². The zero-order valence-electron chi connectivity index (χ0n) is 20.4. The lowest BCUT2D eigenvalue weighted by Crippen LogP contribution is -2.39. The topological polar surface area (TPSA) is 87.0 Å². The van der Waals surface area contributed by atoms with E-state index in [0.717, 1.165) is 70.8 Å². The molecular weight excluding hydrogens is 468 g/mol. The first-order chi connectivity index (χ1) is 17.6. The number of ether oxygens (including phenoxy) is 1. The molecule has 4 heterocycles. The molecule has 1 aliphatic rings. The van der Waals surface area contributed by atoms with E-state index in [1.165, 1.54) is 6.08 Å². The van der Waals surface area contributed by atoms with Crippen LogP contribution in [0.4, 0.5) is 5.95 Å². The van der Waals surface area contributed by atoms with Gasteiger partial charge in [0.25, 0.3) is 0 Å². The van der Waals surface area contributed by atoms with Gasteiger partial charge in [0.2, 0.25) is 11.8 Å². The monoisotopic (exact) mass is 496 g/mol. The highest BCUT2D eigenvalue weighted by molar-refractivity contribution is 7.17. The van der Waals surface area contributed by atoms with Gasteiger partial charge in [-0.15, -0.1) is 11.3 Å². The molecule has 0 unspecified atom stereocenters. The number of pyridine rings is 1. The molecule has 8 heteroatoms. The maximum absolute atomic E-state index is 8.83. The maximum atomic E-state index is 8.83. The second-order valence-corrected chi connectivity index (χ2v) is 9.97. The molecule has 1 fully saturated rings. The molecule has 1 N–H and O–H groups in total. The predicted molar refractivity (Wildman–Crippen MR) is 144 cm³/mol. The molecular formula is C28H28N6OS. The molecule has 0 radical (unpaired) electrons. The van der Waals surface area contributed by atoms with Crippen LogP contribution in [-0.4, -0.2) is 39.0 Å². The zero-order valence-corrected chi connectivity index (χ0v) is 21.3. The van der Waals surface area contributed by atoms with E-state index in [9.17, 15) is 0 Å². The summed E-state index contributed by atoms with van der Waals surface area (Å²) in [6, 6.07) is 14.5. The molecule has 0 spiro atoms. The van der Waals surface area contributed by atoms with Gasteiger partial charge in [0.05, 0.1) is 17.3 Å². The number of rotatable bonds is 7. The number of benzene rings is 1. The van der Waals surface area contributed by atoms with Gasteiger partial charge in [0, 0.05) is 37.9 Å². The Morgan fingerprint density at radius 3 is 2.69 bits per heavy atom. The first-order valence-corrected chi connectivity index (χ1v) is 13.0. The van der Waals surface area contributed by atoms with Crippen molar-refractivity contribution in [3.8, 4) is 17.7 Å². The highest BCUT2D eigenvalue weighted by atomic mass is 32.1. The lowest BCUT2D eigenvalue weighted by molar-refractivity contribution is 0.209. The molecule has 182 valence electrons. The molecule has 0 amide bonds. The fourth-order valence-electron chi connectivity index (χ4n) is 4.58. The maximum Gasteiger partial charge on any atom is 0.242 e. The highest BCUT2D eigenvalue weighted by Gasteiger charge is 2.21. The minimum Gasteiger partial charge on any atom is -0.437 e. The fourth-order valence-corrected chi connectivity index (χ4v) is 5.34. The summed E-state index contributed by atoms with van der Waals surface area (Å²) in [5, 5.41) is 14.4. The van der Waals surface area contributed by atoms with E-state index >= 15 is 0 Å². The van der Waals surface area contributed by atoms with Crippen molar-refractivity contribution in [3.05, 3.63) is 76.4 Å². The average molecular weight is 497 g/mol. The van der Waals surface area contributed by atoms with Crippen LogP contribution in [0.5, 0.6) is 11.6 Å². The number of hydrogen-bond donors (Lipinski definition) is 1. The Kier molecular flexibility index (Phi) is 7.21. The van der Waals surface area contributed by atoms with E-state index in [-0.39, 0.29) is 0 Å². The van der Waals surface area contributed by atoms with Gasteiger partial charge in [-0.1, -0.05) is 6.07 Å². The summed E-state index contributed by atoms with van der Waals surface area (Å²) in [6.45, 7) is 6.91. The van der Waals surface area contributed by atoms with Crippen molar-refractivity contribution in [2.24, 2.45) is 0 Å². The van der Waals surface area contributed by atoms with Crippen molar-refractivity contribution >= 4 is 33.6 Å². The van der Waals surface area contributed by atoms with Crippen molar-refractivity contribution in [1.29, 1.82) is 5.26 Å². The number of hydrogen-bond acceptors (Lipinski definition) is 8. The number of nitrogens with zero attached hydrogens (tertiary/aromatic N) is 5. The Balaban J connectivity index is 1.30. The normalized spacial score (nSPS) is 14.8. The van der Waals surface area contributed by atoms with Crippen LogP contribution >= 0.6 is 11.3 Å². The average Bonchev–Trinajstić information content (AvgIpc) is 3.36. The van der Waals surface area contributed by atoms with Crippen LogP contribution in [0.3, 0.4) is 0 Å². The first kappa shape index (κ1) is 23.9. The summed E-state index contributed by atoms with van der Waals surface area (Å²) >= 11 is 1.58. The standard InChI is InChI=1S/C28H28N6OS/c1-19-16-21(6-5-11-29)17-20(2)25(19)35-27-26-24(10-15-36-26)32-28(33-27)31-22-8-13-34(14-9-22)18-23-7-3-4-12-30-23/h3-7,10,12,15-17,22H,8-9,13-14,18H2,1-2H3,(H,31,32,33)/b6-5+. The minimum atomic E-state index is 0.309. The van der Waals surface area contributed by atoms with Gasteiger partial charge in [-0.05, 0) is 85.2 Å². The van der Waals surface area contributed by atoms with Crippen molar-refractivity contribution in [1.82, 2.24) is 19.9 Å². The van der Waals surface area contributed by atoms with Gasteiger partial charge in [-0.2, -0.15) is 10.2 Å². The first-order valence-electron chi connectivity index (χ1n) is 12.1. The number of allylic oxidation sites excluding steroid dienone is 1. The molecule has 1 aliphatic heterocycles. The van der Waals surface area contributed by atoms with E-state index in [1.807, 2.05) is 61.8 Å². The molecule has 5 rings (SSSR count). The predicted octanol–water partition coefficient (Wildman–Crippen LogP) is 6.11. The molecule has 1 saturated heterocycles. The van der Waals surface area contributed by atoms with E-state index in [0.29, 0.717) is 17.9 Å². The molecule has 0 atom stereocenters. The molecule has 4 aromatic rings. The van der Waals surface area contributed by atoms with Crippen LogP contribution in [0, 0.1) is 25.2 Å². The second kappa shape index (κ2) is 10.9. The minimum absolute atomic E-state index is 0.309. The van der Waals surface area contributed by atoms with Crippen molar-refractivity contribution < 1.29 is 4.74 Å². The molecule has 1 aromatic carbocycles. The smallest absolute Gasteiger partial charge is 0.242 e. The van der Waals surface area contributed by atoms with Crippen LogP contribution in [0.15, 0.2) is 54.1 Å². The molecule has 3 aromatic heterocycles. The summed E-state index contributed by atoms with van der Waals surface area (Å²) in [5.41, 5.74) is 4.94. The Hall–Kier alpha value is -3.80. The number of fused-ring (bicyclic) bond motifs is 1. The van der Waals surface area contributed by atoms with E-state index < -0.39 is 0 Å². The number of piperidine rings is 1. The summed E-state index contributed by atoms with van der Waals surface area (Å²) in [7, 11) is 0. The van der Waals surface area contributed by atoms with Crippen molar-refractivity contribution in [2.45, 2.75) is 39.3 Å². The molecule has 0 aliphatic carbocycles. The Morgan fingerprint density at radius 1 is 1.17 bits per heavy atom. The quantitative estimate of drug-likeness (QED) is 0.309. The van der Waals surface area contributed by atoms with Gasteiger partial charge in [0.1, 0.15) is 10.4 Å². The number of likely N-dealkylation sites (tertiary alicyclic amines) is 1. The highest BCUT2D eigenvalue weighted by Crippen LogP contribution is 2.36. The molecule has 36 heavy (non-hydrogen) atoms. The molecule has 7 nitrogen and oxygen atoms in total. The van der Waals surface area contributed by atoms with Crippen LogP contribution in [0.2, 0.25) is 0 Å². The van der Waals surface area contributed by atoms with Crippen LogP contribution in [-0.2, 0) is 6.54 Å². The Labute approximate surface area is 215 Å². The lowest BCUT2D eigenvalue weighted by atomic mass is 10.1. The largest absolute Gasteiger partial charge is 0.437 e. The number of thiophene rings is 1. The lowest BCUT2D eigenvalue weighted by Gasteiger charge is -2.32.